The highest BCUT2D eigenvalue weighted by Gasteiger charge is 2.17. The van der Waals surface area contributed by atoms with Crippen LogP contribution in [-0.2, 0) is 27.4 Å². The van der Waals surface area contributed by atoms with E-state index in [1.165, 1.54) is 32.4 Å². The van der Waals surface area contributed by atoms with E-state index in [0.717, 1.165) is 11.8 Å². The number of carbonyl (C=O) groups excluding carboxylic acids is 3. The summed E-state index contributed by atoms with van der Waals surface area (Å²) in [7, 11) is 2.44. The van der Waals surface area contributed by atoms with Gasteiger partial charge in [0.05, 0.1) is 31.1 Å². The molecular weight excluding hydrogens is 508 g/mol. The first-order chi connectivity index (χ1) is 17.3. The normalized spacial score (nSPS) is 10.4. The van der Waals surface area contributed by atoms with Crippen LogP contribution in [0.15, 0.2) is 60.3 Å². The highest BCUT2D eigenvalue weighted by atomic mass is 35.5. The summed E-state index contributed by atoms with van der Waals surface area (Å²) in [5, 5.41) is 12.1. The highest BCUT2D eigenvalue weighted by Crippen LogP contribution is 2.22. The molecule has 0 spiro atoms. The summed E-state index contributed by atoms with van der Waals surface area (Å²) in [6.07, 6.45) is 1.69. The van der Waals surface area contributed by atoms with Crippen LogP contribution in [-0.4, -0.2) is 52.6 Å². The minimum atomic E-state index is -0.656. The number of amides is 1. The van der Waals surface area contributed by atoms with Crippen LogP contribution in [0.1, 0.15) is 26.5 Å². The number of methoxy groups -OCH3 is 2. The number of thioether (sulfide) groups is 1. The zero-order valence-electron chi connectivity index (χ0n) is 19.5. The van der Waals surface area contributed by atoms with E-state index in [0.29, 0.717) is 28.3 Å². The highest BCUT2D eigenvalue weighted by molar-refractivity contribution is 7.99. The molecule has 0 fully saturated rings. The average Bonchev–Trinajstić information content (AvgIpc) is 3.27. The van der Waals surface area contributed by atoms with Gasteiger partial charge in [0.2, 0.25) is 5.91 Å². The van der Waals surface area contributed by atoms with E-state index >= 15 is 0 Å². The van der Waals surface area contributed by atoms with Gasteiger partial charge in [0.15, 0.2) is 11.0 Å². The molecule has 188 valence electrons. The number of aromatic nitrogens is 3. The summed E-state index contributed by atoms with van der Waals surface area (Å²) in [4.78, 5) is 36.5. The largest absolute Gasteiger partial charge is 0.486 e. The van der Waals surface area contributed by atoms with Gasteiger partial charge in [0, 0.05) is 17.3 Å². The number of carbonyl (C=O) groups is 3. The lowest BCUT2D eigenvalue weighted by molar-refractivity contribution is -0.113. The van der Waals surface area contributed by atoms with Crippen molar-refractivity contribution in [1.82, 2.24) is 14.8 Å². The molecule has 0 aliphatic rings. The molecule has 0 bridgehead atoms. The van der Waals surface area contributed by atoms with Gasteiger partial charge in [0.1, 0.15) is 12.4 Å². The van der Waals surface area contributed by atoms with Crippen LogP contribution in [0.25, 0.3) is 0 Å². The Balaban J connectivity index is 1.68. The van der Waals surface area contributed by atoms with Crippen molar-refractivity contribution in [3.63, 3.8) is 0 Å². The molecule has 3 aromatic rings. The van der Waals surface area contributed by atoms with E-state index in [1.807, 2.05) is 0 Å². The first kappa shape index (κ1) is 26.8. The summed E-state index contributed by atoms with van der Waals surface area (Å²) in [6.45, 7) is 4.33. The van der Waals surface area contributed by atoms with Crippen LogP contribution in [0.3, 0.4) is 0 Å². The third kappa shape index (κ3) is 7.09. The van der Waals surface area contributed by atoms with E-state index < -0.39 is 11.9 Å². The Morgan fingerprint density at radius 1 is 1.06 bits per heavy atom. The maximum absolute atomic E-state index is 12.6. The van der Waals surface area contributed by atoms with Crippen LogP contribution in [0.2, 0.25) is 5.02 Å². The number of ether oxygens (including phenoxy) is 3. The quantitative estimate of drug-likeness (QED) is 0.222. The number of hydrogen-bond acceptors (Lipinski definition) is 9. The Morgan fingerprint density at radius 3 is 2.28 bits per heavy atom. The Kier molecular flexibility index (Phi) is 9.48. The number of esters is 2. The standard InChI is InChI=1S/C24H23ClN4O6S/c1-4-9-29-20(13-35-19-7-5-17(25)6-8-19)27-28-24(29)36-14-21(30)26-18-11-15(22(31)33-2)10-16(12-18)23(32)34-3/h4-8,10-12H,1,9,13-14H2,2-3H3,(H,26,30). The minimum absolute atomic E-state index is 0.0106. The predicted octanol–water partition coefficient (Wildman–Crippen LogP) is 4.00. The second-order valence-electron chi connectivity index (χ2n) is 7.16. The molecule has 12 heteroatoms. The molecule has 1 amide bonds. The number of nitrogens with zero attached hydrogens (tertiary/aromatic N) is 3. The van der Waals surface area contributed by atoms with Crippen LogP contribution < -0.4 is 10.1 Å². The molecular formula is C24H23ClN4O6S. The number of hydrogen-bond donors (Lipinski definition) is 1. The van der Waals surface area contributed by atoms with Gasteiger partial charge < -0.3 is 19.5 Å². The lowest BCUT2D eigenvalue weighted by atomic mass is 10.1. The van der Waals surface area contributed by atoms with E-state index in [4.69, 9.17) is 25.8 Å². The second-order valence-corrected chi connectivity index (χ2v) is 8.54. The Morgan fingerprint density at radius 2 is 1.69 bits per heavy atom. The Hall–Kier alpha value is -3.83. The van der Waals surface area contributed by atoms with Gasteiger partial charge in [-0.15, -0.1) is 16.8 Å². The molecule has 0 aliphatic heterocycles. The minimum Gasteiger partial charge on any atom is -0.486 e. The Bertz CT molecular complexity index is 1230. The van der Waals surface area contributed by atoms with Crippen molar-refractivity contribution >= 4 is 46.9 Å². The average molecular weight is 531 g/mol. The monoisotopic (exact) mass is 530 g/mol. The SMILES string of the molecule is C=CCn1c(COc2ccc(Cl)cc2)nnc1SCC(=O)Nc1cc(C(=O)OC)cc(C(=O)OC)c1. The topological polar surface area (TPSA) is 122 Å². The maximum Gasteiger partial charge on any atom is 0.337 e. The molecule has 1 N–H and O–H groups in total. The Labute approximate surface area is 216 Å². The molecule has 0 saturated carbocycles. The number of halogens is 1. The number of nitrogens with one attached hydrogen (secondary N) is 1. The van der Waals surface area contributed by atoms with Crippen LogP contribution in [0, 0.1) is 0 Å². The second kappa shape index (κ2) is 12.8. The van der Waals surface area contributed by atoms with Gasteiger partial charge in [0.25, 0.3) is 0 Å². The third-order valence-corrected chi connectivity index (χ3v) is 5.90. The predicted molar refractivity (Wildman–Crippen MR) is 134 cm³/mol. The molecule has 0 atom stereocenters. The fourth-order valence-electron chi connectivity index (χ4n) is 3.02. The molecule has 3 rings (SSSR count). The molecule has 36 heavy (non-hydrogen) atoms. The molecule has 1 heterocycles. The molecule has 10 nitrogen and oxygen atoms in total. The van der Waals surface area contributed by atoms with Gasteiger partial charge in [-0.3, -0.25) is 9.36 Å². The number of anilines is 1. The van der Waals surface area contributed by atoms with Crippen molar-refractivity contribution < 1.29 is 28.6 Å². The smallest absolute Gasteiger partial charge is 0.337 e. The van der Waals surface area contributed by atoms with Crippen molar-refractivity contribution in [2.45, 2.75) is 18.3 Å². The molecule has 2 aromatic carbocycles. The zero-order chi connectivity index (χ0) is 26.1. The first-order valence-corrected chi connectivity index (χ1v) is 11.9. The maximum atomic E-state index is 12.6. The molecule has 0 radical (unpaired) electrons. The molecule has 0 aliphatic carbocycles. The van der Waals surface area contributed by atoms with Crippen LogP contribution in [0.5, 0.6) is 5.75 Å². The van der Waals surface area contributed by atoms with Crippen LogP contribution in [0.4, 0.5) is 5.69 Å². The summed E-state index contributed by atoms with van der Waals surface area (Å²) < 4.78 is 17.0. The summed E-state index contributed by atoms with van der Waals surface area (Å²) >= 11 is 7.06. The molecule has 0 saturated heterocycles. The number of allylic oxidation sites excluding steroid dienone is 1. The fraction of sp³-hybridized carbons (Fsp3) is 0.208. The molecule has 0 unspecified atom stereocenters. The summed E-state index contributed by atoms with van der Waals surface area (Å²) in [5.41, 5.74) is 0.437. The first-order valence-electron chi connectivity index (χ1n) is 10.5. The molecule has 1 aromatic heterocycles. The number of rotatable bonds is 11. The van der Waals surface area contributed by atoms with Crippen molar-refractivity contribution in [2.75, 3.05) is 25.3 Å². The summed E-state index contributed by atoms with van der Waals surface area (Å²) in [6, 6.07) is 11.1. The van der Waals surface area contributed by atoms with Gasteiger partial charge in [-0.2, -0.15) is 0 Å². The van der Waals surface area contributed by atoms with Gasteiger partial charge in [-0.1, -0.05) is 29.4 Å². The van der Waals surface area contributed by atoms with E-state index in [-0.39, 0.29) is 35.1 Å². The van der Waals surface area contributed by atoms with Crippen molar-refractivity contribution in [1.29, 1.82) is 0 Å². The van der Waals surface area contributed by atoms with E-state index in [2.05, 4.69) is 22.1 Å². The van der Waals surface area contributed by atoms with Crippen molar-refractivity contribution in [2.24, 2.45) is 0 Å². The van der Waals surface area contributed by atoms with Gasteiger partial charge in [-0.05, 0) is 42.5 Å². The lowest BCUT2D eigenvalue weighted by Gasteiger charge is -2.10. The third-order valence-electron chi connectivity index (χ3n) is 4.68. The van der Waals surface area contributed by atoms with Crippen molar-refractivity contribution in [3.05, 3.63) is 77.1 Å². The van der Waals surface area contributed by atoms with E-state index in [1.54, 1.807) is 34.9 Å². The zero-order valence-corrected chi connectivity index (χ0v) is 21.1. The van der Waals surface area contributed by atoms with Gasteiger partial charge in [-0.25, -0.2) is 9.59 Å². The number of benzene rings is 2. The van der Waals surface area contributed by atoms with Crippen LogP contribution >= 0.6 is 23.4 Å². The van der Waals surface area contributed by atoms with E-state index in [9.17, 15) is 14.4 Å². The fourth-order valence-corrected chi connectivity index (χ4v) is 3.91. The lowest BCUT2D eigenvalue weighted by Crippen LogP contribution is -2.16. The van der Waals surface area contributed by atoms with Gasteiger partial charge >= 0.3 is 11.9 Å². The summed E-state index contributed by atoms with van der Waals surface area (Å²) in [5.74, 6) is -0.524. The van der Waals surface area contributed by atoms with Crippen molar-refractivity contribution in [3.8, 4) is 5.75 Å².